The van der Waals surface area contributed by atoms with Gasteiger partial charge in [0.15, 0.2) is 10.9 Å². The molecule has 1 amide bonds. The lowest BCUT2D eigenvalue weighted by atomic mass is 9.82. The smallest absolute Gasteiger partial charge is 0.240 e. The number of quaternary nitrogens is 1. The summed E-state index contributed by atoms with van der Waals surface area (Å²) in [6.45, 7) is 2.23. The van der Waals surface area contributed by atoms with Crippen LogP contribution in [0.25, 0.3) is 0 Å². The maximum absolute atomic E-state index is 12.7. The predicted octanol–water partition coefficient (Wildman–Crippen LogP) is 1.21. The molecule has 0 unspecified atom stereocenters. The molecule has 1 N–H and O–H groups in total. The van der Waals surface area contributed by atoms with E-state index in [1.54, 1.807) is 26.0 Å². The number of rotatable bonds is 3. The number of amidine groups is 1. The minimum absolute atomic E-state index is 0.122. The Bertz CT molecular complexity index is 842. The number of fused-ring (bicyclic) bond motifs is 3. The van der Waals surface area contributed by atoms with Crippen LogP contribution in [-0.4, -0.2) is 49.0 Å². The molecule has 1 aromatic rings. The summed E-state index contributed by atoms with van der Waals surface area (Å²) in [5, 5.41) is 0.844. The lowest BCUT2D eigenvalue weighted by Crippen LogP contribution is -3.13. The maximum atomic E-state index is 12.7. The summed E-state index contributed by atoms with van der Waals surface area (Å²) in [6.07, 6.45) is 2.37. The average molecular weight is 372 g/mol. The zero-order chi connectivity index (χ0) is 17.8. The van der Waals surface area contributed by atoms with Gasteiger partial charge in [0.1, 0.15) is 23.2 Å². The third-order valence-corrected chi connectivity index (χ3v) is 6.85. The topological polar surface area (TPSA) is 55.6 Å². The van der Waals surface area contributed by atoms with Crippen LogP contribution < -0.4 is 14.4 Å². The van der Waals surface area contributed by atoms with E-state index in [2.05, 4.69) is 0 Å². The van der Waals surface area contributed by atoms with Crippen LogP contribution in [0.4, 0.5) is 0 Å². The van der Waals surface area contributed by atoms with Crippen molar-refractivity contribution in [2.24, 2.45) is 10.9 Å². The van der Waals surface area contributed by atoms with E-state index in [9.17, 15) is 4.79 Å². The molecule has 1 atom stereocenters. The van der Waals surface area contributed by atoms with Crippen LogP contribution in [0, 0.1) is 5.92 Å². The summed E-state index contributed by atoms with van der Waals surface area (Å²) in [7, 11) is 3.34. The van der Waals surface area contributed by atoms with Gasteiger partial charge in [-0.25, -0.2) is 4.99 Å². The van der Waals surface area contributed by atoms with Gasteiger partial charge in [0.05, 0.1) is 33.1 Å². The zero-order valence-corrected chi connectivity index (χ0v) is 15.8. The maximum Gasteiger partial charge on any atom is 0.240 e. The molecule has 0 aliphatic carbocycles. The highest BCUT2D eigenvalue weighted by atomic mass is 32.2. The van der Waals surface area contributed by atoms with E-state index in [1.165, 1.54) is 29.1 Å². The van der Waals surface area contributed by atoms with Gasteiger partial charge in [-0.3, -0.25) is 9.69 Å². The molecule has 136 valence electrons. The molecular weight excluding hydrogens is 350 g/mol. The number of allylic oxidation sites excluding steroid dienone is 1. The Kier molecular flexibility index (Phi) is 3.76. The number of methoxy groups -OCH3 is 2. The third kappa shape index (κ3) is 2.23. The van der Waals surface area contributed by atoms with Crippen LogP contribution in [0.1, 0.15) is 24.4 Å². The molecule has 26 heavy (non-hydrogen) atoms. The number of nitrogens with zero attached hydrogens (tertiary/aromatic N) is 2. The van der Waals surface area contributed by atoms with Crippen LogP contribution >= 0.6 is 11.8 Å². The molecule has 7 heteroatoms. The first-order valence-corrected chi connectivity index (χ1v) is 10.0. The fraction of sp³-hybridized carbons (Fsp3) is 0.474. The van der Waals surface area contributed by atoms with Gasteiger partial charge in [0.2, 0.25) is 5.91 Å². The van der Waals surface area contributed by atoms with Crippen molar-refractivity contribution in [2.75, 3.05) is 33.1 Å². The molecule has 5 aliphatic heterocycles. The fourth-order valence-corrected chi connectivity index (χ4v) is 5.59. The number of benzene rings is 1. The number of carbonyl (C=O) groups excluding carboxylic acids is 1. The van der Waals surface area contributed by atoms with Gasteiger partial charge in [-0.15, -0.1) is 0 Å². The Labute approximate surface area is 156 Å². The Morgan fingerprint density at radius 3 is 2.77 bits per heavy atom. The van der Waals surface area contributed by atoms with Gasteiger partial charge >= 0.3 is 0 Å². The van der Waals surface area contributed by atoms with Gasteiger partial charge < -0.3 is 14.4 Å². The molecule has 6 rings (SSSR count). The first kappa shape index (κ1) is 16.2. The average Bonchev–Trinajstić information content (AvgIpc) is 3.07. The molecular formula is C19H22N3O3S+. The summed E-state index contributed by atoms with van der Waals surface area (Å²) in [4.78, 5) is 21.0. The standard InChI is InChI=1S/C19H21N3O3S/c1-24-12-3-4-14(25-2)13(9-12)17-18-16(11-5-7-21(18)8-6-11)20-19-22(17)15(23)10-26-19/h3-4,9,11,17H,5-8,10H2,1-2H3/p+1/t17-/m0/s1. The molecule has 2 saturated heterocycles. The summed E-state index contributed by atoms with van der Waals surface area (Å²) >= 11 is 1.55. The molecule has 0 spiro atoms. The van der Waals surface area contributed by atoms with E-state index in [1.807, 2.05) is 23.1 Å². The van der Waals surface area contributed by atoms with E-state index in [0.717, 1.165) is 35.3 Å². The van der Waals surface area contributed by atoms with E-state index < -0.39 is 0 Å². The molecule has 1 aromatic carbocycles. The van der Waals surface area contributed by atoms with E-state index >= 15 is 0 Å². The van der Waals surface area contributed by atoms with Crippen LogP contribution in [0.15, 0.2) is 34.6 Å². The normalized spacial score (nSPS) is 29.5. The van der Waals surface area contributed by atoms with E-state index in [0.29, 0.717) is 11.7 Å². The monoisotopic (exact) mass is 372 g/mol. The number of hydrogen-bond acceptors (Lipinski definition) is 5. The van der Waals surface area contributed by atoms with Gasteiger partial charge in [-0.1, -0.05) is 11.8 Å². The number of nitrogens with one attached hydrogen (secondary N) is 1. The Morgan fingerprint density at radius 1 is 1.23 bits per heavy atom. The number of piperidine rings is 1. The van der Waals surface area contributed by atoms with Gasteiger partial charge in [0.25, 0.3) is 0 Å². The van der Waals surface area contributed by atoms with Crippen molar-refractivity contribution in [1.29, 1.82) is 0 Å². The zero-order valence-electron chi connectivity index (χ0n) is 14.9. The molecule has 2 fully saturated rings. The van der Waals surface area contributed by atoms with Crippen LogP contribution in [-0.2, 0) is 4.79 Å². The van der Waals surface area contributed by atoms with Crippen LogP contribution in [0.2, 0.25) is 0 Å². The molecule has 5 heterocycles. The number of aliphatic imine (C=N–C) groups is 1. The van der Waals surface area contributed by atoms with Crippen molar-refractivity contribution < 1.29 is 19.2 Å². The van der Waals surface area contributed by atoms with Gasteiger partial charge in [0, 0.05) is 24.3 Å². The molecule has 5 aliphatic rings. The molecule has 0 saturated carbocycles. The largest absolute Gasteiger partial charge is 0.497 e. The summed E-state index contributed by atoms with van der Waals surface area (Å²) in [6, 6.07) is 5.69. The van der Waals surface area contributed by atoms with Crippen molar-refractivity contribution in [1.82, 2.24) is 4.90 Å². The van der Waals surface area contributed by atoms with Crippen molar-refractivity contribution in [2.45, 2.75) is 18.9 Å². The van der Waals surface area contributed by atoms with Crippen molar-refractivity contribution in [3.05, 3.63) is 35.2 Å². The second-order valence-electron chi connectivity index (χ2n) is 7.13. The van der Waals surface area contributed by atoms with Crippen molar-refractivity contribution in [3.63, 3.8) is 0 Å². The number of amides is 1. The Morgan fingerprint density at radius 2 is 2.04 bits per heavy atom. The highest BCUT2D eigenvalue weighted by Gasteiger charge is 2.51. The minimum Gasteiger partial charge on any atom is -0.497 e. The second-order valence-corrected chi connectivity index (χ2v) is 8.08. The van der Waals surface area contributed by atoms with Crippen molar-refractivity contribution >= 4 is 22.8 Å². The number of ether oxygens (including phenoxy) is 2. The summed E-state index contributed by atoms with van der Waals surface area (Å²) < 4.78 is 11.1. The molecule has 0 aromatic heterocycles. The highest BCUT2D eigenvalue weighted by Crippen LogP contribution is 2.46. The fourth-order valence-electron chi connectivity index (χ4n) is 4.69. The van der Waals surface area contributed by atoms with Gasteiger partial charge in [-0.05, 0) is 18.2 Å². The predicted molar refractivity (Wildman–Crippen MR) is 99.5 cm³/mol. The first-order chi connectivity index (χ1) is 12.7. The van der Waals surface area contributed by atoms with Crippen LogP contribution in [0.3, 0.4) is 0 Å². The summed E-state index contributed by atoms with van der Waals surface area (Å²) in [5.74, 6) is 2.67. The number of carbonyl (C=O) groups is 1. The third-order valence-electron chi connectivity index (χ3n) is 5.91. The van der Waals surface area contributed by atoms with Crippen LogP contribution in [0.5, 0.6) is 11.5 Å². The first-order valence-electron chi connectivity index (χ1n) is 9.06. The van der Waals surface area contributed by atoms with E-state index in [-0.39, 0.29) is 11.9 Å². The molecule has 2 bridgehead atoms. The number of hydrogen-bond donors (Lipinski definition) is 1. The van der Waals surface area contributed by atoms with E-state index in [4.69, 9.17) is 14.5 Å². The van der Waals surface area contributed by atoms with Crippen molar-refractivity contribution in [3.8, 4) is 11.5 Å². The Balaban J connectivity index is 1.73. The summed E-state index contributed by atoms with van der Waals surface area (Å²) in [5.41, 5.74) is 3.46. The lowest BCUT2D eigenvalue weighted by molar-refractivity contribution is -0.876. The van der Waals surface area contributed by atoms with Gasteiger partial charge in [-0.2, -0.15) is 0 Å². The highest BCUT2D eigenvalue weighted by molar-refractivity contribution is 8.15. The minimum atomic E-state index is -0.150. The Hall–Kier alpha value is -1.99. The molecule has 0 radical (unpaired) electrons. The quantitative estimate of drug-likeness (QED) is 0.867. The second kappa shape index (κ2) is 6.03. The number of thioether (sulfide) groups is 1. The lowest BCUT2D eigenvalue weighted by Gasteiger charge is -2.44. The molecule has 6 nitrogen and oxygen atoms in total. The SMILES string of the molecule is COc1ccc(OC)c([C@H]2C3=C(N=C4SCC(=O)N42)C2CC[NH+]3CC2)c1.